The Bertz CT molecular complexity index is 509. The van der Waals surface area contributed by atoms with E-state index in [1.54, 1.807) is 11.8 Å². The van der Waals surface area contributed by atoms with Crippen molar-refractivity contribution in [2.24, 2.45) is 5.73 Å². The lowest BCUT2D eigenvalue weighted by Gasteiger charge is -2.11. The number of rotatable bonds is 5. The number of hydrogen-bond acceptors (Lipinski definition) is 4. The standard InChI is InChI=1S/C13H18N4S/c1-3-11(14)8-10-6-4-5-7-12(10)18-13-15-9(2)16-17-13/h4-7,11H,3,8,14H2,1-2H3,(H,15,16,17). The first-order valence-electron chi connectivity index (χ1n) is 6.09. The maximum atomic E-state index is 6.02. The summed E-state index contributed by atoms with van der Waals surface area (Å²) in [5, 5.41) is 7.76. The van der Waals surface area contributed by atoms with Crippen molar-refractivity contribution in [1.29, 1.82) is 0 Å². The molecule has 0 saturated carbocycles. The number of aromatic amines is 1. The molecule has 1 aromatic heterocycles. The normalized spacial score (nSPS) is 12.6. The number of nitrogens with one attached hydrogen (secondary N) is 1. The predicted octanol–water partition coefficient (Wildman–Crippen LogP) is 2.54. The Morgan fingerprint density at radius 1 is 1.39 bits per heavy atom. The fourth-order valence-corrected chi connectivity index (χ4v) is 2.56. The number of nitrogens with zero attached hydrogens (tertiary/aromatic N) is 2. The van der Waals surface area contributed by atoms with Crippen LogP contribution < -0.4 is 5.73 Å². The molecule has 18 heavy (non-hydrogen) atoms. The van der Waals surface area contributed by atoms with Crippen molar-refractivity contribution in [2.45, 2.75) is 42.8 Å². The van der Waals surface area contributed by atoms with Gasteiger partial charge in [-0.2, -0.15) is 0 Å². The molecule has 0 bridgehead atoms. The molecule has 1 heterocycles. The lowest BCUT2D eigenvalue weighted by molar-refractivity contribution is 0.641. The van der Waals surface area contributed by atoms with Crippen molar-refractivity contribution in [1.82, 2.24) is 15.2 Å². The molecule has 0 fully saturated rings. The van der Waals surface area contributed by atoms with Crippen LogP contribution in [0.25, 0.3) is 0 Å². The molecule has 0 spiro atoms. The van der Waals surface area contributed by atoms with Gasteiger partial charge >= 0.3 is 0 Å². The van der Waals surface area contributed by atoms with E-state index in [9.17, 15) is 0 Å². The molecule has 3 N–H and O–H groups in total. The highest BCUT2D eigenvalue weighted by Gasteiger charge is 2.09. The summed E-state index contributed by atoms with van der Waals surface area (Å²) in [5.74, 6) is 0.834. The van der Waals surface area contributed by atoms with Gasteiger partial charge in [0.2, 0.25) is 5.16 Å². The van der Waals surface area contributed by atoms with Crippen LogP contribution in [0.2, 0.25) is 0 Å². The number of nitrogens with two attached hydrogens (primary N) is 1. The van der Waals surface area contributed by atoms with Crippen LogP contribution in [0.1, 0.15) is 24.7 Å². The molecule has 1 atom stereocenters. The van der Waals surface area contributed by atoms with Crippen LogP contribution in [0.4, 0.5) is 0 Å². The third-order valence-corrected chi connectivity index (χ3v) is 3.74. The molecular formula is C13H18N4S. The van der Waals surface area contributed by atoms with Crippen LogP contribution in [0.3, 0.4) is 0 Å². The second kappa shape index (κ2) is 6.02. The van der Waals surface area contributed by atoms with Gasteiger partial charge in [-0.1, -0.05) is 25.1 Å². The lowest BCUT2D eigenvalue weighted by atomic mass is 10.1. The highest BCUT2D eigenvalue weighted by atomic mass is 32.2. The summed E-state index contributed by atoms with van der Waals surface area (Å²) in [7, 11) is 0. The van der Waals surface area contributed by atoms with E-state index in [1.165, 1.54) is 10.5 Å². The van der Waals surface area contributed by atoms with E-state index in [0.29, 0.717) is 0 Å². The maximum absolute atomic E-state index is 6.02. The van der Waals surface area contributed by atoms with E-state index >= 15 is 0 Å². The van der Waals surface area contributed by atoms with Gasteiger partial charge in [-0.05, 0) is 43.2 Å². The van der Waals surface area contributed by atoms with Crippen molar-refractivity contribution in [3.63, 3.8) is 0 Å². The third kappa shape index (κ3) is 3.34. The van der Waals surface area contributed by atoms with Crippen LogP contribution in [-0.4, -0.2) is 21.2 Å². The largest absolute Gasteiger partial charge is 0.327 e. The number of H-pyrrole nitrogens is 1. The summed E-state index contributed by atoms with van der Waals surface area (Å²) in [6.07, 6.45) is 1.88. The van der Waals surface area contributed by atoms with Gasteiger partial charge in [-0.15, -0.1) is 5.10 Å². The van der Waals surface area contributed by atoms with E-state index in [4.69, 9.17) is 5.73 Å². The van der Waals surface area contributed by atoms with Gasteiger partial charge in [0.05, 0.1) is 0 Å². The van der Waals surface area contributed by atoms with Crippen molar-refractivity contribution < 1.29 is 0 Å². The smallest absolute Gasteiger partial charge is 0.213 e. The summed E-state index contributed by atoms with van der Waals surface area (Å²) in [5.41, 5.74) is 7.29. The van der Waals surface area contributed by atoms with Gasteiger partial charge in [0.15, 0.2) is 0 Å². The monoisotopic (exact) mass is 262 g/mol. The van der Waals surface area contributed by atoms with Crippen LogP contribution in [0, 0.1) is 6.92 Å². The Hall–Kier alpha value is -1.33. The number of hydrogen-bond donors (Lipinski definition) is 2. The average Bonchev–Trinajstić information content (AvgIpc) is 2.77. The topological polar surface area (TPSA) is 67.6 Å². The average molecular weight is 262 g/mol. The fourth-order valence-electron chi connectivity index (χ4n) is 1.67. The molecule has 0 amide bonds. The van der Waals surface area contributed by atoms with E-state index < -0.39 is 0 Å². The van der Waals surface area contributed by atoms with Crippen LogP contribution >= 0.6 is 11.8 Å². The maximum Gasteiger partial charge on any atom is 0.213 e. The summed E-state index contributed by atoms with van der Waals surface area (Å²) in [4.78, 5) is 5.49. The third-order valence-electron chi connectivity index (χ3n) is 2.76. The Morgan fingerprint density at radius 3 is 2.83 bits per heavy atom. The molecule has 1 unspecified atom stereocenters. The van der Waals surface area contributed by atoms with Gasteiger partial charge in [0.25, 0.3) is 0 Å². The number of aryl methyl sites for hydroxylation is 1. The number of aromatic nitrogens is 3. The zero-order valence-corrected chi connectivity index (χ0v) is 11.5. The summed E-state index contributed by atoms with van der Waals surface area (Å²) in [6, 6.07) is 8.50. The van der Waals surface area contributed by atoms with Gasteiger partial charge < -0.3 is 5.73 Å². The Kier molecular flexibility index (Phi) is 4.38. The Balaban J connectivity index is 2.16. The first kappa shape index (κ1) is 13.1. The predicted molar refractivity (Wildman–Crippen MR) is 73.7 cm³/mol. The molecule has 0 aliphatic rings. The minimum Gasteiger partial charge on any atom is -0.327 e. The van der Waals surface area contributed by atoms with E-state index in [2.05, 4.69) is 34.2 Å². The zero-order chi connectivity index (χ0) is 13.0. The molecule has 5 heteroatoms. The van der Waals surface area contributed by atoms with Crippen molar-refractivity contribution in [2.75, 3.05) is 0 Å². The molecule has 0 radical (unpaired) electrons. The SMILES string of the molecule is CCC(N)Cc1ccccc1Sc1n[nH]c(C)n1. The van der Waals surface area contributed by atoms with Gasteiger partial charge in [-0.3, -0.25) is 5.10 Å². The molecular weight excluding hydrogens is 244 g/mol. The van der Waals surface area contributed by atoms with Gasteiger partial charge in [0.1, 0.15) is 5.82 Å². The molecule has 2 rings (SSSR count). The molecule has 4 nitrogen and oxygen atoms in total. The second-order valence-electron chi connectivity index (χ2n) is 4.29. The van der Waals surface area contributed by atoms with Crippen LogP contribution in [-0.2, 0) is 6.42 Å². The highest BCUT2D eigenvalue weighted by Crippen LogP contribution is 2.28. The fraction of sp³-hybridized carbons (Fsp3) is 0.385. The molecule has 2 aromatic rings. The first-order chi connectivity index (χ1) is 8.69. The minimum atomic E-state index is 0.209. The molecule has 96 valence electrons. The molecule has 0 aliphatic heterocycles. The van der Waals surface area contributed by atoms with Gasteiger partial charge in [-0.25, -0.2) is 4.98 Å². The van der Waals surface area contributed by atoms with Gasteiger partial charge in [0, 0.05) is 10.9 Å². The highest BCUT2D eigenvalue weighted by molar-refractivity contribution is 7.99. The van der Waals surface area contributed by atoms with Crippen LogP contribution in [0.5, 0.6) is 0 Å². The van der Waals surface area contributed by atoms with Crippen LogP contribution in [0.15, 0.2) is 34.3 Å². The quantitative estimate of drug-likeness (QED) is 0.869. The Labute approximate surface area is 111 Å². The molecule has 0 saturated heterocycles. The summed E-state index contributed by atoms with van der Waals surface area (Å²) in [6.45, 7) is 4.01. The van der Waals surface area contributed by atoms with Crippen molar-refractivity contribution in [3.8, 4) is 0 Å². The van der Waals surface area contributed by atoms with E-state index in [1.807, 2.05) is 19.1 Å². The summed E-state index contributed by atoms with van der Waals surface area (Å²) < 4.78 is 0. The number of benzene rings is 1. The zero-order valence-electron chi connectivity index (χ0n) is 10.7. The van der Waals surface area contributed by atoms with Crippen molar-refractivity contribution >= 4 is 11.8 Å². The first-order valence-corrected chi connectivity index (χ1v) is 6.91. The molecule has 1 aromatic carbocycles. The summed E-state index contributed by atoms with van der Waals surface area (Å²) >= 11 is 1.58. The lowest BCUT2D eigenvalue weighted by Crippen LogP contribution is -2.21. The van der Waals surface area contributed by atoms with E-state index in [-0.39, 0.29) is 6.04 Å². The molecule has 0 aliphatic carbocycles. The van der Waals surface area contributed by atoms with E-state index in [0.717, 1.165) is 23.8 Å². The Morgan fingerprint density at radius 2 is 2.17 bits per heavy atom. The second-order valence-corrected chi connectivity index (χ2v) is 5.29. The minimum absolute atomic E-state index is 0.209. The van der Waals surface area contributed by atoms with Crippen molar-refractivity contribution in [3.05, 3.63) is 35.7 Å².